The lowest BCUT2D eigenvalue weighted by Gasteiger charge is -2.34. The Bertz CT molecular complexity index is 347. The van der Waals surface area contributed by atoms with Gasteiger partial charge in [0.2, 0.25) is 0 Å². The fourth-order valence-corrected chi connectivity index (χ4v) is 2.97. The van der Waals surface area contributed by atoms with Crippen molar-refractivity contribution in [1.82, 2.24) is 4.90 Å². The number of likely N-dealkylation sites (tertiary alicyclic amines) is 1. The first kappa shape index (κ1) is 17.7. The molecule has 1 saturated carbocycles. The van der Waals surface area contributed by atoms with Crippen LogP contribution in [-0.2, 0) is 19.0 Å². The number of carbonyl (C=O) groups excluding carboxylic acids is 1. The molecule has 1 aliphatic heterocycles. The van der Waals surface area contributed by atoms with Gasteiger partial charge in [-0.1, -0.05) is 0 Å². The van der Waals surface area contributed by atoms with Crippen molar-refractivity contribution >= 4 is 5.97 Å². The highest BCUT2D eigenvalue weighted by Crippen LogP contribution is 2.47. The third-order valence-electron chi connectivity index (χ3n) is 4.52. The molecule has 1 saturated heterocycles. The van der Waals surface area contributed by atoms with Gasteiger partial charge in [0.25, 0.3) is 0 Å². The van der Waals surface area contributed by atoms with Crippen molar-refractivity contribution in [3.63, 3.8) is 0 Å². The van der Waals surface area contributed by atoms with Gasteiger partial charge < -0.3 is 19.1 Å². The van der Waals surface area contributed by atoms with Gasteiger partial charge in [0.05, 0.1) is 25.4 Å². The van der Waals surface area contributed by atoms with Gasteiger partial charge in [-0.05, 0) is 46.5 Å². The first-order valence-electron chi connectivity index (χ1n) is 8.64. The smallest absolute Gasteiger partial charge is 0.332 e. The van der Waals surface area contributed by atoms with Crippen LogP contribution in [0.2, 0.25) is 0 Å². The second-order valence-corrected chi connectivity index (χ2v) is 6.95. The van der Waals surface area contributed by atoms with Gasteiger partial charge in [-0.3, -0.25) is 0 Å². The predicted octanol–water partition coefficient (Wildman–Crippen LogP) is 2.24. The zero-order valence-corrected chi connectivity index (χ0v) is 14.3. The molecular weight excluding hydrogens is 282 g/mol. The summed E-state index contributed by atoms with van der Waals surface area (Å²) < 4.78 is 16.3. The van der Waals surface area contributed by atoms with E-state index in [0.29, 0.717) is 18.1 Å². The second kappa shape index (κ2) is 8.27. The van der Waals surface area contributed by atoms with Crippen LogP contribution >= 0.6 is 0 Å². The Labute approximate surface area is 134 Å². The average Bonchev–Trinajstić information content (AvgIpc) is 3.25. The van der Waals surface area contributed by atoms with Gasteiger partial charge in [0.15, 0.2) is 0 Å². The standard InChI is InChI=1S/C17H31NO4/c1-4-20-16(19)11-21-15-5-9-18(10-6-15)12-17(7-8-17)13-22-14(2)3/h14-15H,4-13H2,1-3H3. The van der Waals surface area contributed by atoms with Crippen molar-refractivity contribution in [1.29, 1.82) is 0 Å². The van der Waals surface area contributed by atoms with E-state index >= 15 is 0 Å². The van der Waals surface area contributed by atoms with Crippen molar-refractivity contribution in [2.75, 3.05) is 39.5 Å². The van der Waals surface area contributed by atoms with Crippen LogP contribution in [0.3, 0.4) is 0 Å². The summed E-state index contributed by atoms with van der Waals surface area (Å²) in [6.07, 6.45) is 5.10. The van der Waals surface area contributed by atoms with Crippen LogP contribution in [0, 0.1) is 5.41 Å². The van der Waals surface area contributed by atoms with Crippen LogP contribution in [0.25, 0.3) is 0 Å². The molecule has 2 aliphatic rings. The van der Waals surface area contributed by atoms with E-state index in [1.54, 1.807) is 0 Å². The van der Waals surface area contributed by atoms with Crippen molar-refractivity contribution in [3.8, 4) is 0 Å². The Morgan fingerprint density at radius 2 is 1.95 bits per heavy atom. The summed E-state index contributed by atoms with van der Waals surface area (Å²) in [5, 5.41) is 0. The van der Waals surface area contributed by atoms with Crippen molar-refractivity contribution < 1.29 is 19.0 Å². The number of rotatable bonds is 9. The number of esters is 1. The topological polar surface area (TPSA) is 48.0 Å². The Kier molecular flexibility index (Phi) is 6.66. The summed E-state index contributed by atoms with van der Waals surface area (Å²) in [7, 11) is 0. The summed E-state index contributed by atoms with van der Waals surface area (Å²) >= 11 is 0. The van der Waals surface area contributed by atoms with E-state index in [1.807, 2.05) is 6.92 Å². The zero-order chi connectivity index (χ0) is 16.0. The van der Waals surface area contributed by atoms with Gasteiger partial charge in [-0.2, -0.15) is 0 Å². The SMILES string of the molecule is CCOC(=O)COC1CCN(CC2(COC(C)C)CC2)CC1. The fraction of sp³-hybridized carbons (Fsp3) is 0.941. The molecule has 1 aliphatic carbocycles. The summed E-state index contributed by atoms with van der Waals surface area (Å²) in [6.45, 7) is 10.7. The molecule has 0 unspecified atom stereocenters. The van der Waals surface area contributed by atoms with Crippen LogP contribution in [0.4, 0.5) is 0 Å². The first-order valence-corrected chi connectivity index (χ1v) is 8.64. The summed E-state index contributed by atoms with van der Waals surface area (Å²) in [5.41, 5.74) is 0.406. The number of hydrogen-bond acceptors (Lipinski definition) is 5. The predicted molar refractivity (Wildman–Crippen MR) is 84.8 cm³/mol. The first-order chi connectivity index (χ1) is 10.5. The molecule has 0 spiro atoms. The fourth-order valence-electron chi connectivity index (χ4n) is 2.97. The number of carbonyl (C=O) groups is 1. The van der Waals surface area contributed by atoms with Crippen LogP contribution < -0.4 is 0 Å². The monoisotopic (exact) mass is 313 g/mol. The molecule has 0 aromatic heterocycles. The quantitative estimate of drug-likeness (QED) is 0.611. The number of hydrogen-bond donors (Lipinski definition) is 0. The minimum Gasteiger partial charge on any atom is -0.464 e. The lowest BCUT2D eigenvalue weighted by Crippen LogP contribution is -2.41. The van der Waals surface area contributed by atoms with Crippen LogP contribution in [0.15, 0.2) is 0 Å². The van der Waals surface area contributed by atoms with Gasteiger partial charge in [-0.15, -0.1) is 0 Å². The Morgan fingerprint density at radius 3 is 2.50 bits per heavy atom. The van der Waals surface area contributed by atoms with E-state index in [1.165, 1.54) is 12.8 Å². The van der Waals surface area contributed by atoms with E-state index in [-0.39, 0.29) is 18.7 Å². The average molecular weight is 313 g/mol. The third kappa shape index (κ3) is 5.86. The van der Waals surface area contributed by atoms with E-state index in [0.717, 1.165) is 39.1 Å². The van der Waals surface area contributed by atoms with E-state index in [9.17, 15) is 4.79 Å². The molecule has 2 rings (SSSR count). The highest BCUT2D eigenvalue weighted by Gasteiger charge is 2.44. The molecule has 0 radical (unpaired) electrons. The molecule has 128 valence electrons. The Balaban J connectivity index is 1.62. The molecule has 1 heterocycles. The normalized spacial score (nSPS) is 22.0. The molecule has 0 N–H and O–H groups in total. The molecule has 0 aromatic rings. The summed E-state index contributed by atoms with van der Waals surface area (Å²) in [6, 6.07) is 0. The number of ether oxygens (including phenoxy) is 3. The molecule has 0 bridgehead atoms. The molecule has 5 nitrogen and oxygen atoms in total. The molecule has 2 fully saturated rings. The zero-order valence-electron chi connectivity index (χ0n) is 14.3. The van der Waals surface area contributed by atoms with Crippen molar-refractivity contribution in [2.24, 2.45) is 5.41 Å². The molecule has 0 aromatic carbocycles. The highest BCUT2D eigenvalue weighted by molar-refractivity contribution is 5.70. The maximum atomic E-state index is 11.3. The minimum absolute atomic E-state index is 0.0880. The maximum Gasteiger partial charge on any atom is 0.332 e. The number of piperidine rings is 1. The molecular formula is C17H31NO4. The molecule has 22 heavy (non-hydrogen) atoms. The van der Waals surface area contributed by atoms with Gasteiger partial charge in [0.1, 0.15) is 6.61 Å². The molecule has 5 heteroatoms. The van der Waals surface area contributed by atoms with E-state index < -0.39 is 0 Å². The van der Waals surface area contributed by atoms with Crippen LogP contribution in [0.1, 0.15) is 46.5 Å². The highest BCUT2D eigenvalue weighted by atomic mass is 16.6. The van der Waals surface area contributed by atoms with Crippen LogP contribution in [-0.4, -0.2) is 62.5 Å². The van der Waals surface area contributed by atoms with Crippen molar-refractivity contribution in [3.05, 3.63) is 0 Å². The molecule has 0 atom stereocenters. The van der Waals surface area contributed by atoms with Crippen molar-refractivity contribution in [2.45, 2.75) is 58.7 Å². The lowest BCUT2D eigenvalue weighted by atomic mass is 10.0. The van der Waals surface area contributed by atoms with Gasteiger partial charge in [0, 0.05) is 25.0 Å². The van der Waals surface area contributed by atoms with E-state index in [2.05, 4.69) is 18.7 Å². The van der Waals surface area contributed by atoms with Crippen LogP contribution in [0.5, 0.6) is 0 Å². The lowest BCUT2D eigenvalue weighted by molar-refractivity contribution is -0.151. The number of nitrogens with zero attached hydrogens (tertiary/aromatic N) is 1. The largest absolute Gasteiger partial charge is 0.464 e. The minimum atomic E-state index is -0.257. The summed E-state index contributed by atoms with van der Waals surface area (Å²) in [4.78, 5) is 13.8. The maximum absolute atomic E-state index is 11.3. The summed E-state index contributed by atoms with van der Waals surface area (Å²) in [5.74, 6) is -0.257. The molecule has 0 amide bonds. The van der Waals surface area contributed by atoms with E-state index in [4.69, 9.17) is 14.2 Å². The Hall–Kier alpha value is -0.650. The van der Waals surface area contributed by atoms with Gasteiger partial charge >= 0.3 is 5.97 Å². The Morgan fingerprint density at radius 1 is 1.27 bits per heavy atom. The third-order valence-corrected chi connectivity index (χ3v) is 4.52. The second-order valence-electron chi connectivity index (χ2n) is 6.95. The van der Waals surface area contributed by atoms with Gasteiger partial charge in [-0.25, -0.2) is 4.79 Å².